The first kappa shape index (κ1) is 16.4. The van der Waals surface area contributed by atoms with Gasteiger partial charge < -0.3 is 9.47 Å². The van der Waals surface area contributed by atoms with E-state index in [0.717, 1.165) is 36.0 Å². The van der Waals surface area contributed by atoms with Gasteiger partial charge in [0, 0.05) is 0 Å². The lowest BCUT2D eigenvalue weighted by molar-refractivity contribution is -0.429. The first-order chi connectivity index (χ1) is 12.2. The van der Waals surface area contributed by atoms with Crippen LogP contribution in [0.3, 0.4) is 0 Å². The Morgan fingerprint density at radius 2 is 1.77 bits per heavy atom. The van der Waals surface area contributed by atoms with Crippen LogP contribution < -0.4 is 0 Å². The first-order valence-electron chi connectivity index (χ1n) is 11.1. The lowest BCUT2D eigenvalue weighted by atomic mass is 9.16. The second kappa shape index (κ2) is 4.53. The number of rotatable bonds is 5. The average Bonchev–Trinajstić information content (AvgIpc) is 2.57. The fraction of sp³-hybridized carbons (Fsp3) is 0.957. The van der Waals surface area contributed by atoms with Crippen molar-refractivity contribution in [2.75, 3.05) is 0 Å². The molecule has 3 heteroatoms. The van der Waals surface area contributed by atoms with Gasteiger partial charge in [0.2, 0.25) is 6.29 Å². The largest absolute Gasteiger partial charge is 0.436 e. The van der Waals surface area contributed by atoms with Gasteiger partial charge in [0.25, 0.3) is 0 Å². The molecule has 2 spiro atoms. The summed E-state index contributed by atoms with van der Waals surface area (Å²) in [6.07, 6.45) is 10.2. The Morgan fingerprint density at radius 1 is 1.12 bits per heavy atom. The maximum atomic E-state index is 12.5. The molecule has 8 fully saturated rings. The summed E-state index contributed by atoms with van der Waals surface area (Å²) >= 11 is 0. The third-order valence-electron chi connectivity index (χ3n) is 10.3. The summed E-state index contributed by atoms with van der Waals surface area (Å²) in [7, 11) is 0. The zero-order valence-corrected chi connectivity index (χ0v) is 16.8. The van der Waals surface area contributed by atoms with Gasteiger partial charge >= 0.3 is 5.97 Å². The number of ether oxygens (including phenoxy) is 2. The van der Waals surface area contributed by atoms with Gasteiger partial charge in [0.1, 0.15) is 0 Å². The molecule has 144 valence electrons. The molecule has 8 aliphatic rings. The highest BCUT2D eigenvalue weighted by molar-refractivity contribution is 5.75. The van der Waals surface area contributed by atoms with Crippen LogP contribution in [0.5, 0.6) is 0 Å². The summed E-state index contributed by atoms with van der Waals surface area (Å²) in [5.41, 5.74) is 0.811. The Morgan fingerprint density at radius 3 is 2.38 bits per heavy atom. The van der Waals surface area contributed by atoms with Crippen molar-refractivity contribution in [1.82, 2.24) is 0 Å². The number of carbonyl (C=O) groups excluding carboxylic acids is 1. The molecule has 5 unspecified atom stereocenters. The molecule has 3 nitrogen and oxygen atoms in total. The Hall–Kier alpha value is -0.570. The molecule has 0 aromatic carbocycles. The summed E-state index contributed by atoms with van der Waals surface area (Å²) in [6.45, 7) is 7.92. The Balaban J connectivity index is 1.24. The van der Waals surface area contributed by atoms with Crippen LogP contribution in [-0.4, -0.2) is 17.9 Å². The van der Waals surface area contributed by atoms with Gasteiger partial charge in [-0.25, -0.2) is 0 Å². The Kier molecular flexibility index (Phi) is 2.85. The molecule has 8 bridgehead atoms. The Labute approximate surface area is 157 Å². The maximum Gasteiger partial charge on any atom is 0.313 e. The van der Waals surface area contributed by atoms with Gasteiger partial charge in [-0.3, -0.25) is 4.79 Å². The van der Waals surface area contributed by atoms with Crippen LogP contribution in [-0.2, 0) is 14.3 Å². The van der Waals surface area contributed by atoms with E-state index < -0.39 is 11.7 Å². The minimum absolute atomic E-state index is 0.00659. The second-order valence-electron chi connectivity index (χ2n) is 11.7. The molecule has 0 N–H and O–H groups in total. The van der Waals surface area contributed by atoms with Crippen LogP contribution in [0.1, 0.15) is 79.1 Å². The summed E-state index contributed by atoms with van der Waals surface area (Å²) in [4.78, 5) is 12.5. The van der Waals surface area contributed by atoms with Crippen LogP contribution in [0.15, 0.2) is 0 Å². The molecule has 0 radical (unpaired) electrons. The summed E-state index contributed by atoms with van der Waals surface area (Å²) in [6, 6.07) is 0. The van der Waals surface area contributed by atoms with E-state index in [1.807, 2.05) is 27.7 Å². The van der Waals surface area contributed by atoms with E-state index in [0.29, 0.717) is 10.8 Å². The minimum Gasteiger partial charge on any atom is -0.436 e. The van der Waals surface area contributed by atoms with Gasteiger partial charge in [0.15, 0.2) is 0 Å². The third kappa shape index (κ3) is 1.65. The van der Waals surface area contributed by atoms with Crippen molar-refractivity contribution in [3.63, 3.8) is 0 Å². The van der Waals surface area contributed by atoms with Crippen molar-refractivity contribution in [2.24, 2.45) is 45.8 Å². The predicted molar refractivity (Wildman–Crippen MR) is 98.1 cm³/mol. The SMILES string of the molecule is CCC(C)(C)C(=O)OC(C)OC12CC3C4CC5CC3C3(C1)CC4(C2)C3C5. The van der Waals surface area contributed by atoms with Crippen molar-refractivity contribution in [3.8, 4) is 0 Å². The van der Waals surface area contributed by atoms with Crippen molar-refractivity contribution in [2.45, 2.75) is 91.0 Å². The molecule has 8 aliphatic carbocycles. The molecule has 0 amide bonds. The number of hydrogen-bond donors (Lipinski definition) is 0. The molecule has 8 rings (SSSR count). The molecular weight excluding hydrogens is 324 g/mol. The van der Waals surface area contributed by atoms with Gasteiger partial charge in [-0.05, 0) is 113 Å². The highest BCUT2D eigenvalue weighted by Gasteiger charge is 2.85. The molecule has 0 aromatic rings. The van der Waals surface area contributed by atoms with Crippen molar-refractivity contribution in [3.05, 3.63) is 0 Å². The zero-order valence-electron chi connectivity index (χ0n) is 16.8. The standard InChI is InChI=1S/C23H34O3/c1-5-20(3,4)19(24)25-13(2)26-21-9-15-16-6-14-7-17(15)23(11-21)12-22(16,10-21)18(23)8-14/h13-18H,5-12H2,1-4H3. The molecule has 0 aromatic heterocycles. The van der Waals surface area contributed by atoms with Crippen LogP contribution in [0.2, 0.25) is 0 Å². The van der Waals surface area contributed by atoms with Crippen molar-refractivity contribution < 1.29 is 14.3 Å². The first-order valence-corrected chi connectivity index (χ1v) is 11.1. The molecule has 0 heterocycles. The van der Waals surface area contributed by atoms with Crippen LogP contribution >= 0.6 is 0 Å². The summed E-state index contributed by atoms with van der Waals surface area (Å²) < 4.78 is 12.4. The van der Waals surface area contributed by atoms with Crippen LogP contribution in [0.25, 0.3) is 0 Å². The zero-order chi connectivity index (χ0) is 18.1. The average molecular weight is 359 g/mol. The molecular formula is C23H34O3. The van der Waals surface area contributed by atoms with Gasteiger partial charge in [0.05, 0.1) is 11.0 Å². The van der Waals surface area contributed by atoms with Crippen LogP contribution in [0, 0.1) is 45.8 Å². The number of carbonyl (C=O) groups is 1. The van der Waals surface area contributed by atoms with Crippen LogP contribution in [0.4, 0.5) is 0 Å². The van der Waals surface area contributed by atoms with E-state index in [2.05, 4.69) is 0 Å². The maximum absolute atomic E-state index is 12.5. The lowest BCUT2D eigenvalue weighted by Crippen LogP contribution is -2.84. The quantitative estimate of drug-likeness (QED) is 0.516. The summed E-state index contributed by atoms with van der Waals surface area (Å²) in [5, 5.41) is 0. The van der Waals surface area contributed by atoms with Crippen molar-refractivity contribution >= 4 is 5.97 Å². The number of hydrogen-bond acceptors (Lipinski definition) is 3. The molecule has 8 saturated carbocycles. The number of esters is 1. The highest BCUT2D eigenvalue weighted by atomic mass is 16.7. The lowest BCUT2D eigenvalue weighted by Gasteiger charge is -2.89. The third-order valence-corrected chi connectivity index (χ3v) is 10.3. The van der Waals surface area contributed by atoms with Crippen molar-refractivity contribution in [1.29, 1.82) is 0 Å². The van der Waals surface area contributed by atoms with E-state index >= 15 is 0 Å². The van der Waals surface area contributed by atoms with E-state index in [1.165, 1.54) is 44.9 Å². The van der Waals surface area contributed by atoms with E-state index in [-0.39, 0.29) is 11.6 Å². The molecule has 0 saturated heterocycles. The van der Waals surface area contributed by atoms with Gasteiger partial charge in [-0.1, -0.05) is 6.92 Å². The molecule has 0 aliphatic heterocycles. The Bertz CT molecular complexity index is 635. The van der Waals surface area contributed by atoms with Gasteiger partial charge in [-0.2, -0.15) is 0 Å². The normalized spacial score (nSPS) is 55.8. The minimum atomic E-state index is -0.420. The fourth-order valence-electron chi connectivity index (χ4n) is 9.56. The monoisotopic (exact) mass is 358 g/mol. The highest BCUT2D eigenvalue weighted by Crippen LogP contribution is 2.90. The van der Waals surface area contributed by atoms with E-state index in [9.17, 15) is 4.79 Å². The predicted octanol–water partition coefficient (Wildman–Crippen LogP) is 4.93. The molecule has 26 heavy (non-hydrogen) atoms. The van der Waals surface area contributed by atoms with Gasteiger partial charge in [-0.15, -0.1) is 0 Å². The molecule has 5 atom stereocenters. The van der Waals surface area contributed by atoms with E-state index in [4.69, 9.17) is 9.47 Å². The van der Waals surface area contributed by atoms with E-state index in [1.54, 1.807) is 0 Å². The summed E-state index contributed by atoms with van der Waals surface area (Å²) in [5.74, 6) is 4.87. The fourth-order valence-corrected chi connectivity index (χ4v) is 9.56. The second-order valence-corrected chi connectivity index (χ2v) is 11.7. The smallest absolute Gasteiger partial charge is 0.313 e. The topological polar surface area (TPSA) is 35.5 Å².